The topological polar surface area (TPSA) is 47.0 Å². The molecule has 1 N–H and O–H groups in total. The Morgan fingerprint density at radius 3 is 3.00 bits per heavy atom. The van der Waals surface area contributed by atoms with Crippen molar-refractivity contribution in [3.05, 3.63) is 33.9 Å². The second kappa shape index (κ2) is 6.02. The number of hydrogen-bond donors (Lipinski definition) is 1. The van der Waals surface area contributed by atoms with Gasteiger partial charge in [-0.05, 0) is 35.7 Å². The Labute approximate surface area is 115 Å². The van der Waals surface area contributed by atoms with E-state index < -0.39 is 0 Å². The number of rotatable bonds is 5. The number of halogens is 1. The highest BCUT2D eigenvalue weighted by molar-refractivity contribution is 7.07. The van der Waals surface area contributed by atoms with Crippen molar-refractivity contribution < 1.29 is 4.74 Å². The molecule has 4 nitrogen and oxygen atoms in total. The molecule has 0 aliphatic carbocycles. The lowest BCUT2D eigenvalue weighted by atomic mass is 10.1. The molecule has 0 radical (unpaired) electrons. The molecule has 1 atom stereocenters. The van der Waals surface area contributed by atoms with Crippen LogP contribution < -0.4 is 10.1 Å². The molecule has 2 heterocycles. The predicted octanol–water partition coefficient (Wildman–Crippen LogP) is 3.24. The Balaban J connectivity index is 2.07. The van der Waals surface area contributed by atoms with Crippen molar-refractivity contribution in [2.75, 3.05) is 12.4 Å². The van der Waals surface area contributed by atoms with Crippen molar-refractivity contribution in [2.24, 2.45) is 0 Å². The van der Waals surface area contributed by atoms with E-state index in [1.165, 1.54) is 11.9 Å². The normalized spacial score (nSPS) is 12.2. The van der Waals surface area contributed by atoms with Crippen molar-refractivity contribution in [2.45, 2.75) is 19.4 Å². The molecule has 0 saturated carbocycles. The third-order valence-electron chi connectivity index (χ3n) is 2.47. The van der Waals surface area contributed by atoms with Crippen molar-refractivity contribution in [1.82, 2.24) is 9.97 Å². The maximum absolute atomic E-state index is 5.94. The van der Waals surface area contributed by atoms with Gasteiger partial charge >= 0.3 is 0 Å². The average Bonchev–Trinajstić information content (AvgIpc) is 2.82. The smallest absolute Gasteiger partial charge is 0.198 e. The van der Waals surface area contributed by atoms with Crippen molar-refractivity contribution in [1.29, 1.82) is 0 Å². The minimum Gasteiger partial charge on any atom is -0.490 e. The minimum absolute atomic E-state index is 0.236. The first-order valence-electron chi connectivity index (χ1n) is 5.52. The number of ether oxygens (including phenoxy) is 1. The van der Waals surface area contributed by atoms with E-state index in [2.05, 4.69) is 39.0 Å². The van der Waals surface area contributed by atoms with Gasteiger partial charge in [0.15, 0.2) is 16.7 Å². The Kier molecular flexibility index (Phi) is 4.38. The van der Waals surface area contributed by atoms with Crippen LogP contribution in [0.5, 0.6) is 5.75 Å². The molecule has 0 fully saturated rings. The zero-order valence-corrected chi connectivity index (χ0v) is 11.8. The standard InChI is InChI=1S/C12H14ClN3OS/c1-8(5-9-3-4-18-6-9)16-12-10(17-2)11(13)14-7-15-12/h3-4,6-8H,5H2,1-2H3,(H,14,15,16). The number of nitrogens with zero attached hydrogens (tertiary/aromatic N) is 2. The summed E-state index contributed by atoms with van der Waals surface area (Å²) in [7, 11) is 1.55. The third-order valence-corrected chi connectivity index (χ3v) is 3.47. The number of thiophene rings is 1. The molecule has 0 saturated heterocycles. The summed E-state index contributed by atoms with van der Waals surface area (Å²) in [6.07, 6.45) is 2.35. The Hall–Kier alpha value is -1.33. The minimum atomic E-state index is 0.236. The van der Waals surface area contributed by atoms with Crippen LogP contribution in [0.4, 0.5) is 5.82 Å². The fraction of sp³-hybridized carbons (Fsp3) is 0.333. The van der Waals surface area contributed by atoms with E-state index in [1.54, 1.807) is 18.4 Å². The van der Waals surface area contributed by atoms with E-state index in [4.69, 9.17) is 16.3 Å². The van der Waals surface area contributed by atoms with Gasteiger partial charge in [0.2, 0.25) is 0 Å². The SMILES string of the molecule is COc1c(Cl)ncnc1NC(C)Cc1ccsc1. The van der Waals surface area contributed by atoms with E-state index in [1.807, 2.05) is 0 Å². The van der Waals surface area contributed by atoms with Gasteiger partial charge in [-0.15, -0.1) is 0 Å². The largest absolute Gasteiger partial charge is 0.490 e. The van der Waals surface area contributed by atoms with E-state index >= 15 is 0 Å². The molecule has 0 aliphatic heterocycles. The summed E-state index contributed by atoms with van der Waals surface area (Å²) in [5.74, 6) is 1.11. The maximum atomic E-state index is 5.94. The number of methoxy groups -OCH3 is 1. The third kappa shape index (κ3) is 3.11. The summed E-state index contributed by atoms with van der Waals surface area (Å²) in [4.78, 5) is 8.04. The van der Waals surface area contributed by atoms with Crippen molar-refractivity contribution in [3.8, 4) is 5.75 Å². The average molecular weight is 284 g/mol. The molecule has 6 heteroatoms. The van der Waals surface area contributed by atoms with Gasteiger partial charge in [0.05, 0.1) is 7.11 Å². The lowest BCUT2D eigenvalue weighted by Crippen LogP contribution is -2.19. The first kappa shape index (κ1) is 13.1. The monoisotopic (exact) mass is 283 g/mol. The molecule has 1 unspecified atom stereocenters. The van der Waals surface area contributed by atoms with E-state index in [-0.39, 0.29) is 6.04 Å². The molecule has 0 spiro atoms. The first-order valence-corrected chi connectivity index (χ1v) is 6.85. The second-order valence-electron chi connectivity index (χ2n) is 3.93. The summed E-state index contributed by atoms with van der Waals surface area (Å²) >= 11 is 7.64. The van der Waals surface area contributed by atoms with Crippen LogP contribution in [0.3, 0.4) is 0 Å². The second-order valence-corrected chi connectivity index (χ2v) is 5.07. The predicted molar refractivity (Wildman–Crippen MR) is 74.7 cm³/mol. The number of hydrogen-bond acceptors (Lipinski definition) is 5. The summed E-state index contributed by atoms with van der Waals surface area (Å²) in [5.41, 5.74) is 1.30. The Morgan fingerprint density at radius 2 is 2.33 bits per heavy atom. The zero-order valence-electron chi connectivity index (χ0n) is 10.2. The Bertz CT molecular complexity index is 504. The van der Waals surface area contributed by atoms with Gasteiger partial charge in [-0.3, -0.25) is 0 Å². The summed E-state index contributed by atoms with van der Waals surface area (Å²) in [6.45, 7) is 2.09. The van der Waals surface area contributed by atoms with E-state index in [0.717, 1.165) is 6.42 Å². The highest BCUT2D eigenvalue weighted by Crippen LogP contribution is 2.29. The lowest BCUT2D eigenvalue weighted by Gasteiger charge is -2.16. The highest BCUT2D eigenvalue weighted by atomic mass is 35.5. The molecule has 2 rings (SSSR count). The molecule has 2 aromatic heterocycles. The molecular weight excluding hydrogens is 270 g/mol. The number of aromatic nitrogens is 2. The fourth-order valence-electron chi connectivity index (χ4n) is 1.68. The molecule has 0 aliphatic rings. The van der Waals surface area contributed by atoms with Crippen LogP contribution in [0.15, 0.2) is 23.2 Å². The number of nitrogens with one attached hydrogen (secondary N) is 1. The molecule has 18 heavy (non-hydrogen) atoms. The number of anilines is 1. The van der Waals surface area contributed by atoms with Crippen LogP contribution in [-0.2, 0) is 6.42 Å². The summed E-state index contributed by atoms with van der Waals surface area (Å²) in [5, 5.41) is 7.82. The molecule has 0 amide bonds. The fourth-order valence-corrected chi connectivity index (χ4v) is 2.57. The van der Waals surface area contributed by atoms with Gasteiger partial charge in [0.1, 0.15) is 6.33 Å². The van der Waals surface area contributed by atoms with Gasteiger partial charge < -0.3 is 10.1 Å². The molecule has 96 valence electrons. The van der Waals surface area contributed by atoms with E-state index in [0.29, 0.717) is 16.7 Å². The molecular formula is C12H14ClN3OS. The quantitative estimate of drug-likeness (QED) is 0.856. The first-order chi connectivity index (χ1) is 8.70. The van der Waals surface area contributed by atoms with Gasteiger partial charge in [-0.1, -0.05) is 11.6 Å². The van der Waals surface area contributed by atoms with Crippen LogP contribution in [0.25, 0.3) is 0 Å². The van der Waals surface area contributed by atoms with Crippen LogP contribution in [0, 0.1) is 0 Å². The van der Waals surface area contributed by atoms with E-state index in [9.17, 15) is 0 Å². The van der Waals surface area contributed by atoms with Gasteiger partial charge in [-0.2, -0.15) is 11.3 Å². The van der Waals surface area contributed by atoms with Crippen molar-refractivity contribution >= 4 is 28.8 Å². The summed E-state index contributed by atoms with van der Waals surface area (Å²) in [6, 6.07) is 2.35. The van der Waals surface area contributed by atoms with Crippen LogP contribution >= 0.6 is 22.9 Å². The maximum Gasteiger partial charge on any atom is 0.198 e. The van der Waals surface area contributed by atoms with Crippen LogP contribution in [0.2, 0.25) is 5.15 Å². The van der Waals surface area contributed by atoms with Crippen molar-refractivity contribution in [3.63, 3.8) is 0 Å². The molecule has 0 aromatic carbocycles. The Morgan fingerprint density at radius 1 is 1.50 bits per heavy atom. The van der Waals surface area contributed by atoms with Crippen LogP contribution in [0.1, 0.15) is 12.5 Å². The molecule has 0 bridgehead atoms. The summed E-state index contributed by atoms with van der Waals surface area (Å²) < 4.78 is 5.19. The zero-order chi connectivity index (χ0) is 13.0. The van der Waals surface area contributed by atoms with Crippen LogP contribution in [-0.4, -0.2) is 23.1 Å². The van der Waals surface area contributed by atoms with Gasteiger partial charge in [0, 0.05) is 6.04 Å². The highest BCUT2D eigenvalue weighted by Gasteiger charge is 2.12. The van der Waals surface area contributed by atoms with Gasteiger partial charge in [-0.25, -0.2) is 9.97 Å². The lowest BCUT2D eigenvalue weighted by molar-refractivity contribution is 0.412. The van der Waals surface area contributed by atoms with Gasteiger partial charge in [0.25, 0.3) is 0 Å². The molecule has 2 aromatic rings.